The fourth-order valence-electron chi connectivity index (χ4n) is 3.16. The normalized spacial score (nSPS) is 10.9. The highest BCUT2D eigenvalue weighted by Crippen LogP contribution is 2.24. The minimum absolute atomic E-state index is 0.373. The van der Waals surface area contributed by atoms with Gasteiger partial charge in [0.1, 0.15) is 0 Å². The number of hydrogen-bond acceptors (Lipinski definition) is 3. The molecule has 0 saturated carbocycles. The summed E-state index contributed by atoms with van der Waals surface area (Å²) in [5, 5.41) is 17.4. The largest absolute Gasteiger partial charge is 0.316 e. The number of halogens is 4. The fraction of sp³-hybridized carbons (Fsp3) is 0.136. The zero-order valence-electron chi connectivity index (χ0n) is 17.3. The first-order valence-corrected chi connectivity index (χ1v) is 12.1. The molecule has 0 aliphatic rings. The lowest BCUT2D eigenvalue weighted by Gasteiger charge is -2.07. The first-order valence-electron chi connectivity index (χ1n) is 9.81. The van der Waals surface area contributed by atoms with E-state index in [2.05, 4.69) is 36.8 Å². The standard InChI is InChI=1S/C22H18BrCl3N6S/c1-13-8-20(29-32(13)10-14-6-7-18(25)19(26)9-14)27-22(33)28-21-16(23)12-31(30-21)11-15-4-2-3-5-17(15)24/h2-9,12H,10-11H2,1H3,(H2,27,28,29,30,33). The quantitative estimate of drug-likeness (QED) is 0.239. The molecule has 2 N–H and O–H groups in total. The number of nitrogens with one attached hydrogen (secondary N) is 2. The summed E-state index contributed by atoms with van der Waals surface area (Å²) in [6, 6.07) is 15.1. The molecule has 0 fully saturated rings. The summed E-state index contributed by atoms with van der Waals surface area (Å²) in [4.78, 5) is 0. The summed E-state index contributed by atoms with van der Waals surface area (Å²) in [6.45, 7) is 3.07. The Balaban J connectivity index is 1.40. The highest BCUT2D eigenvalue weighted by Gasteiger charge is 2.12. The molecule has 0 radical (unpaired) electrons. The van der Waals surface area contributed by atoms with E-state index in [1.807, 2.05) is 60.3 Å². The van der Waals surface area contributed by atoms with Gasteiger partial charge in [-0.1, -0.05) is 59.1 Å². The van der Waals surface area contributed by atoms with E-state index in [-0.39, 0.29) is 0 Å². The fourth-order valence-corrected chi connectivity index (χ4v) is 4.29. The van der Waals surface area contributed by atoms with Gasteiger partial charge in [-0.3, -0.25) is 9.36 Å². The molecule has 11 heteroatoms. The third kappa shape index (κ3) is 6.07. The Labute approximate surface area is 220 Å². The number of nitrogens with zero attached hydrogens (tertiary/aromatic N) is 4. The maximum absolute atomic E-state index is 6.26. The minimum Gasteiger partial charge on any atom is -0.316 e. The Hall–Kier alpha value is -2.10. The third-order valence-corrected chi connectivity index (χ3v) is 6.67. The van der Waals surface area contributed by atoms with Crippen LogP contribution < -0.4 is 10.6 Å². The van der Waals surface area contributed by atoms with Gasteiger partial charge in [0.05, 0.1) is 27.6 Å². The Bertz CT molecular complexity index is 1320. The lowest BCUT2D eigenvalue weighted by molar-refractivity contribution is 0.668. The summed E-state index contributed by atoms with van der Waals surface area (Å²) >= 11 is 27.4. The van der Waals surface area contributed by atoms with Crippen molar-refractivity contribution < 1.29 is 0 Å². The molecule has 4 aromatic rings. The van der Waals surface area contributed by atoms with Crippen LogP contribution in [0.1, 0.15) is 16.8 Å². The van der Waals surface area contributed by atoms with Crippen LogP contribution in [0.25, 0.3) is 0 Å². The second kappa shape index (κ2) is 10.4. The predicted molar refractivity (Wildman–Crippen MR) is 143 cm³/mol. The number of thiocarbonyl (C=S) groups is 1. The van der Waals surface area contributed by atoms with Crippen molar-refractivity contribution in [3.63, 3.8) is 0 Å². The molecular weight excluding hydrogens is 567 g/mol. The van der Waals surface area contributed by atoms with Crippen LogP contribution >= 0.6 is 63.0 Å². The van der Waals surface area contributed by atoms with Crippen molar-refractivity contribution in [3.05, 3.63) is 91.1 Å². The van der Waals surface area contributed by atoms with E-state index in [9.17, 15) is 0 Å². The molecule has 0 amide bonds. The van der Waals surface area contributed by atoms with Crippen LogP contribution in [0.2, 0.25) is 15.1 Å². The van der Waals surface area contributed by atoms with Gasteiger partial charge in [0, 0.05) is 23.0 Å². The zero-order chi connectivity index (χ0) is 23.5. The van der Waals surface area contributed by atoms with Crippen molar-refractivity contribution in [3.8, 4) is 0 Å². The predicted octanol–water partition coefficient (Wildman–Crippen LogP) is 7.02. The van der Waals surface area contributed by atoms with E-state index >= 15 is 0 Å². The molecule has 6 nitrogen and oxygen atoms in total. The zero-order valence-corrected chi connectivity index (χ0v) is 22.0. The van der Waals surface area contributed by atoms with Gasteiger partial charge in [-0.15, -0.1) is 0 Å². The van der Waals surface area contributed by atoms with Gasteiger partial charge < -0.3 is 10.6 Å². The number of benzene rings is 2. The maximum atomic E-state index is 6.26. The molecule has 0 atom stereocenters. The molecule has 4 rings (SSSR count). The molecule has 33 heavy (non-hydrogen) atoms. The average Bonchev–Trinajstić information content (AvgIpc) is 3.27. The van der Waals surface area contributed by atoms with Crippen LogP contribution in [0.3, 0.4) is 0 Å². The van der Waals surface area contributed by atoms with Crippen molar-refractivity contribution in [2.24, 2.45) is 0 Å². The first kappa shape index (κ1) is 24.0. The minimum atomic E-state index is 0.373. The summed E-state index contributed by atoms with van der Waals surface area (Å²) in [6.07, 6.45) is 1.87. The SMILES string of the molecule is Cc1cc(NC(=S)Nc2nn(Cc3ccccc3Cl)cc2Br)nn1Cc1ccc(Cl)c(Cl)c1. The van der Waals surface area contributed by atoms with E-state index < -0.39 is 0 Å². The topological polar surface area (TPSA) is 59.7 Å². The van der Waals surface area contributed by atoms with E-state index in [1.165, 1.54) is 0 Å². The molecule has 2 aromatic carbocycles. The first-order chi connectivity index (χ1) is 15.8. The second-order valence-corrected chi connectivity index (χ2v) is 9.76. The number of rotatable bonds is 6. The number of anilines is 2. The van der Waals surface area contributed by atoms with Crippen LogP contribution in [0.5, 0.6) is 0 Å². The highest BCUT2D eigenvalue weighted by molar-refractivity contribution is 9.10. The van der Waals surface area contributed by atoms with Crippen LogP contribution in [-0.4, -0.2) is 24.7 Å². The summed E-state index contributed by atoms with van der Waals surface area (Å²) in [5.41, 5.74) is 2.94. The molecule has 0 aliphatic carbocycles. The number of hydrogen-bond donors (Lipinski definition) is 2. The molecular formula is C22H18BrCl3N6S. The monoisotopic (exact) mass is 582 g/mol. The van der Waals surface area contributed by atoms with Crippen molar-refractivity contribution >= 4 is 79.7 Å². The summed E-state index contributed by atoms with van der Waals surface area (Å²) < 4.78 is 4.42. The van der Waals surface area contributed by atoms with Gasteiger partial charge in [-0.25, -0.2) is 0 Å². The van der Waals surface area contributed by atoms with Gasteiger partial charge in [0.2, 0.25) is 0 Å². The Kier molecular flexibility index (Phi) is 7.61. The lowest BCUT2D eigenvalue weighted by atomic mass is 10.2. The van der Waals surface area contributed by atoms with Crippen molar-refractivity contribution in [1.82, 2.24) is 19.6 Å². The Morgan fingerprint density at radius 1 is 0.970 bits per heavy atom. The smallest absolute Gasteiger partial charge is 0.177 e. The Morgan fingerprint density at radius 2 is 1.76 bits per heavy atom. The van der Waals surface area contributed by atoms with Gasteiger partial charge in [0.25, 0.3) is 0 Å². The molecule has 170 valence electrons. The highest BCUT2D eigenvalue weighted by atomic mass is 79.9. The molecule has 0 bridgehead atoms. The van der Waals surface area contributed by atoms with Gasteiger partial charge >= 0.3 is 0 Å². The molecule has 0 saturated heterocycles. The number of aryl methyl sites for hydroxylation is 1. The summed E-state index contributed by atoms with van der Waals surface area (Å²) in [7, 11) is 0. The molecule has 0 aliphatic heterocycles. The summed E-state index contributed by atoms with van der Waals surface area (Å²) in [5.74, 6) is 1.21. The van der Waals surface area contributed by atoms with Crippen molar-refractivity contribution in [2.45, 2.75) is 20.0 Å². The van der Waals surface area contributed by atoms with E-state index in [4.69, 9.17) is 47.0 Å². The van der Waals surface area contributed by atoms with Gasteiger partial charge in [-0.05, 0) is 64.4 Å². The maximum Gasteiger partial charge on any atom is 0.177 e. The van der Waals surface area contributed by atoms with E-state index in [0.29, 0.717) is 44.9 Å². The van der Waals surface area contributed by atoms with Crippen LogP contribution in [0.15, 0.2) is 59.2 Å². The lowest BCUT2D eigenvalue weighted by Crippen LogP contribution is -2.20. The third-order valence-electron chi connectivity index (χ3n) is 4.78. The Morgan fingerprint density at radius 3 is 2.52 bits per heavy atom. The van der Waals surface area contributed by atoms with Crippen LogP contribution in [0, 0.1) is 6.92 Å². The average molecular weight is 585 g/mol. The van der Waals surface area contributed by atoms with Gasteiger partial charge in [0.15, 0.2) is 16.7 Å². The molecule has 0 unspecified atom stereocenters. The van der Waals surface area contributed by atoms with Crippen molar-refractivity contribution in [1.29, 1.82) is 0 Å². The van der Waals surface area contributed by atoms with Crippen LogP contribution in [0.4, 0.5) is 11.6 Å². The number of aromatic nitrogens is 4. The van der Waals surface area contributed by atoms with Crippen LogP contribution in [-0.2, 0) is 13.1 Å². The molecule has 0 spiro atoms. The molecule has 2 heterocycles. The van der Waals surface area contributed by atoms with E-state index in [0.717, 1.165) is 21.3 Å². The van der Waals surface area contributed by atoms with Gasteiger partial charge in [-0.2, -0.15) is 10.2 Å². The molecule has 2 aromatic heterocycles. The second-order valence-electron chi connectivity index (χ2n) is 7.27. The van der Waals surface area contributed by atoms with E-state index in [1.54, 1.807) is 10.7 Å². The van der Waals surface area contributed by atoms with Crippen molar-refractivity contribution in [2.75, 3.05) is 10.6 Å².